The summed E-state index contributed by atoms with van der Waals surface area (Å²) in [4.78, 5) is 11.2. The molecule has 2 aromatic heterocycles. The Morgan fingerprint density at radius 3 is 2.53 bits per heavy atom. The van der Waals surface area contributed by atoms with Crippen molar-refractivity contribution in [3.63, 3.8) is 0 Å². The van der Waals surface area contributed by atoms with Crippen molar-refractivity contribution < 1.29 is 8.81 Å². The summed E-state index contributed by atoms with van der Waals surface area (Å²) in [6.07, 6.45) is 0.872. The molecule has 0 aliphatic heterocycles. The third-order valence-corrected chi connectivity index (χ3v) is 4.70. The predicted octanol–water partition coefficient (Wildman–Crippen LogP) is 3.80. The summed E-state index contributed by atoms with van der Waals surface area (Å²) in [5.74, 6) is -0.0272. The van der Waals surface area contributed by atoms with Gasteiger partial charge in [0, 0.05) is 11.1 Å². The molecule has 0 spiro atoms. The van der Waals surface area contributed by atoms with Crippen LogP contribution in [0.3, 0.4) is 0 Å². The average molecular weight is 417 g/mol. The molecule has 0 aliphatic rings. The van der Waals surface area contributed by atoms with Crippen molar-refractivity contribution in [3.8, 4) is 28.8 Å². The van der Waals surface area contributed by atoms with Crippen LogP contribution in [0.1, 0.15) is 5.56 Å². The smallest absolute Gasteiger partial charge is 0.283 e. The van der Waals surface area contributed by atoms with Gasteiger partial charge < -0.3 is 9.40 Å². The Hall–Kier alpha value is -4.10. The fraction of sp³-hybridized carbons (Fsp3) is 0. The average Bonchev–Trinajstić information content (AvgIpc) is 3.23. The van der Waals surface area contributed by atoms with Gasteiger partial charge in [-0.05, 0) is 66.4 Å². The highest BCUT2D eigenvalue weighted by atomic mass is 32.2. The first-order valence-electron chi connectivity index (χ1n) is 8.56. The minimum atomic E-state index is -0.346. The zero-order valence-electron chi connectivity index (χ0n) is 15.2. The Labute approximate surface area is 173 Å². The number of nitriles is 1. The number of H-pyrrole nitrogens is 1. The van der Waals surface area contributed by atoms with Gasteiger partial charge in [-0.3, -0.25) is 5.41 Å². The SMILES string of the molecule is N#Cc1ccc(-c2nnc(Sc3cc(-c4ccc(F)cc4)n/c(=N/C=N)[nH]3)o2)cc1. The number of nitrogens with zero attached hydrogens (tertiary/aromatic N) is 5. The minimum Gasteiger partial charge on any atom is -0.411 e. The van der Waals surface area contributed by atoms with E-state index in [1.165, 1.54) is 23.9 Å². The van der Waals surface area contributed by atoms with Gasteiger partial charge in [0.25, 0.3) is 5.22 Å². The summed E-state index contributed by atoms with van der Waals surface area (Å²) < 4.78 is 18.9. The first-order chi connectivity index (χ1) is 14.6. The first-order valence-corrected chi connectivity index (χ1v) is 9.38. The molecule has 0 aliphatic carbocycles. The van der Waals surface area contributed by atoms with Crippen LogP contribution in [0.4, 0.5) is 4.39 Å². The molecule has 2 aromatic carbocycles. The van der Waals surface area contributed by atoms with E-state index >= 15 is 0 Å². The standard InChI is InChI=1S/C20H12FN7OS/c21-15-7-5-13(6-8-15)16-9-17(26-19(25-16)24-11-23)30-20-28-27-18(29-20)14-3-1-12(10-22)2-4-14/h1-9,11H,(H2,23,24,25,26). The van der Waals surface area contributed by atoms with Crippen molar-refractivity contribution in [2.24, 2.45) is 4.99 Å². The van der Waals surface area contributed by atoms with Crippen LogP contribution < -0.4 is 5.62 Å². The zero-order chi connectivity index (χ0) is 20.9. The van der Waals surface area contributed by atoms with E-state index in [2.05, 4.69) is 31.2 Å². The zero-order valence-corrected chi connectivity index (χ0v) is 16.0. The van der Waals surface area contributed by atoms with Gasteiger partial charge in [0.1, 0.15) is 12.2 Å². The summed E-state index contributed by atoms with van der Waals surface area (Å²) >= 11 is 1.17. The third kappa shape index (κ3) is 4.31. The molecule has 0 radical (unpaired) electrons. The lowest BCUT2D eigenvalue weighted by Gasteiger charge is -2.04. The Morgan fingerprint density at radius 1 is 1.10 bits per heavy atom. The van der Waals surface area contributed by atoms with Crippen LogP contribution in [-0.2, 0) is 0 Å². The fourth-order valence-corrected chi connectivity index (χ4v) is 3.24. The molecule has 4 aromatic rings. The van der Waals surface area contributed by atoms with Gasteiger partial charge in [0.05, 0.1) is 22.4 Å². The van der Waals surface area contributed by atoms with Gasteiger partial charge in [-0.15, -0.1) is 10.2 Å². The second-order valence-corrected chi connectivity index (χ2v) is 6.88. The molecule has 10 heteroatoms. The van der Waals surface area contributed by atoms with Crippen molar-refractivity contribution in [1.29, 1.82) is 10.7 Å². The topological polar surface area (TPSA) is 128 Å². The third-order valence-electron chi connectivity index (χ3n) is 3.92. The van der Waals surface area contributed by atoms with Gasteiger partial charge in [0.15, 0.2) is 0 Å². The van der Waals surface area contributed by atoms with E-state index in [1.807, 2.05) is 0 Å². The van der Waals surface area contributed by atoms with Crippen molar-refractivity contribution in [1.82, 2.24) is 20.2 Å². The molecular weight excluding hydrogens is 405 g/mol. The Balaban J connectivity index is 1.65. The van der Waals surface area contributed by atoms with Gasteiger partial charge in [-0.1, -0.05) is 0 Å². The Bertz CT molecular complexity index is 1300. The molecule has 0 saturated carbocycles. The molecular formula is C20H12FN7OS. The van der Waals surface area contributed by atoms with E-state index in [-0.39, 0.29) is 16.7 Å². The Kier molecular flexibility index (Phi) is 5.45. The van der Waals surface area contributed by atoms with Crippen molar-refractivity contribution in [2.75, 3.05) is 0 Å². The highest BCUT2D eigenvalue weighted by Crippen LogP contribution is 2.29. The number of hydrogen-bond donors (Lipinski definition) is 2. The maximum Gasteiger partial charge on any atom is 0.283 e. The summed E-state index contributed by atoms with van der Waals surface area (Å²) in [5.41, 5.74) is 2.68. The normalized spacial score (nSPS) is 11.3. The maximum atomic E-state index is 13.2. The van der Waals surface area contributed by atoms with Crippen LogP contribution in [0.2, 0.25) is 0 Å². The van der Waals surface area contributed by atoms with Crippen LogP contribution in [-0.4, -0.2) is 26.5 Å². The van der Waals surface area contributed by atoms with Gasteiger partial charge in [-0.25, -0.2) is 14.4 Å². The van der Waals surface area contributed by atoms with Gasteiger partial charge >= 0.3 is 0 Å². The quantitative estimate of drug-likeness (QED) is 0.289. The van der Waals surface area contributed by atoms with Crippen LogP contribution in [0.15, 0.2) is 74.3 Å². The molecule has 8 nitrogen and oxygen atoms in total. The Morgan fingerprint density at radius 2 is 1.83 bits per heavy atom. The van der Waals surface area contributed by atoms with Crippen LogP contribution in [0, 0.1) is 22.6 Å². The number of nitrogens with one attached hydrogen (secondary N) is 2. The van der Waals surface area contributed by atoms with Crippen molar-refractivity contribution in [2.45, 2.75) is 10.2 Å². The molecule has 0 fully saturated rings. The van der Waals surface area contributed by atoms with E-state index in [1.54, 1.807) is 42.5 Å². The van der Waals surface area contributed by atoms with E-state index in [0.29, 0.717) is 33.3 Å². The second kappa shape index (κ2) is 8.50. The van der Waals surface area contributed by atoms with E-state index in [4.69, 9.17) is 15.1 Å². The van der Waals surface area contributed by atoms with Gasteiger partial charge in [-0.2, -0.15) is 5.26 Å². The lowest BCUT2D eigenvalue weighted by molar-refractivity contribution is 0.465. The highest BCUT2D eigenvalue weighted by molar-refractivity contribution is 7.99. The van der Waals surface area contributed by atoms with Gasteiger partial charge in [0.2, 0.25) is 11.5 Å². The van der Waals surface area contributed by atoms with Crippen molar-refractivity contribution >= 4 is 18.1 Å². The van der Waals surface area contributed by atoms with Crippen LogP contribution in [0.25, 0.3) is 22.7 Å². The predicted molar refractivity (Wildman–Crippen MR) is 107 cm³/mol. The fourth-order valence-electron chi connectivity index (χ4n) is 2.54. The molecule has 0 atom stereocenters. The number of aromatic nitrogens is 4. The maximum absolute atomic E-state index is 13.2. The number of rotatable bonds is 5. The van der Waals surface area contributed by atoms with E-state index in [9.17, 15) is 4.39 Å². The number of aromatic amines is 1. The lowest BCUT2D eigenvalue weighted by atomic mass is 10.1. The minimum absolute atomic E-state index is 0.209. The number of halogens is 1. The van der Waals surface area contributed by atoms with Crippen LogP contribution in [0.5, 0.6) is 0 Å². The molecule has 0 amide bonds. The summed E-state index contributed by atoms with van der Waals surface area (Å²) in [5, 5.41) is 25.0. The number of benzene rings is 2. The van der Waals surface area contributed by atoms with Crippen molar-refractivity contribution in [3.05, 3.63) is 71.6 Å². The van der Waals surface area contributed by atoms with E-state index < -0.39 is 0 Å². The molecule has 146 valence electrons. The number of hydrogen-bond acceptors (Lipinski definition) is 7. The summed E-state index contributed by atoms with van der Waals surface area (Å²) in [6, 6.07) is 16.5. The highest BCUT2D eigenvalue weighted by Gasteiger charge is 2.12. The summed E-state index contributed by atoms with van der Waals surface area (Å²) in [7, 11) is 0. The first kappa shape index (κ1) is 19.2. The molecule has 0 bridgehead atoms. The molecule has 4 rings (SSSR count). The molecule has 2 heterocycles. The molecule has 2 N–H and O–H groups in total. The van der Waals surface area contributed by atoms with E-state index in [0.717, 1.165) is 6.34 Å². The lowest BCUT2D eigenvalue weighted by Crippen LogP contribution is -2.14. The molecule has 30 heavy (non-hydrogen) atoms. The second-order valence-electron chi connectivity index (χ2n) is 5.88. The monoisotopic (exact) mass is 417 g/mol. The molecule has 0 saturated heterocycles. The summed E-state index contributed by atoms with van der Waals surface area (Å²) in [6.45, 7) is 0. The van der Waals surface area contributed by atoms with Crippen LogP contribution >= 0.6 is 11.8 Å². The largest absolute Gasteiger partial charge is 0.411 e. The molecule has 0 unspecified atom stereocenters.